The van der Waals surface area contributed by atoms with Crippen molar-refractivity contribution in [1.29, 1.82) is 0 Å². The number of anilines is 1. The SMILES string of the molecule is CNC(=O)CCCN(C)CC1OC(n2cnc3c(N)ncnc32)C2OC(C)(C)O[C@H]12. The maximum absolute atomic E-state index is 11.4. The Kier molecular flexibility index (Phi) is 5.62. The van der Waals surface area contributed by atoms with E-state index in [1.165, 1.54) is 6.33 Å². The quantitative estimate of drug-likeness (QED) is 0.650. The molecule has 0 spiro atoms. The van der Waals surface area contributed by atoms with Crippen LogP contribution in [0.25, 0.3) is 11.2 Å². The van der Waals surface area contributed by atoms with Crippen LogP contribution < -0.4 is 11.1 Å². The summed E-state index contributed by atoms with van der Waals surface area (Å²) in [6.07, 6.45) is 3.14. The van der Waals surface area contributed by atoms with Crippen molar-refractivity contribution in [3.8, 4) is 0 Å². The fourth-order valence-corrected chi connectivity index (χ4v) is 4.12. The summed E-state index contributed by atoms with van der Waals surface area (Å²) in [7, 11) is 3.66. The van der Waals surface area contributed by atoms with Gasteiger partial charge in [-0.2, -0.15) is 0 Å². The van der Waals surface area contributed by atoms with Crippen LogP contribution in [0.4, 0.5) is 5.82 Å². The summed E-state index contributed by atoms with van der Waals surface area (Å²) in [6, 6.07) is 0. The van der Waals surface area contributed by atoms with Gasteiger partial charge in [-0.15, -0.1) is 0 Å². The standard InChI is InChI=1S/C19H29N7O4/c1-19(2)29-14-11(8-25(4)7-5-6-12(27)21-3)28-18(15(14)30-19)26-10-24-13-16(20)22-9-23-17(13)26/h9-11,14-15,18H,5-8H2,1-4H3,(H,21,27)(H2,20,22,23)/t11?,14-,15?,18?/m1/s1. The Morgan fingerprint density at radius 1 is 1.30 bits per heavy atom. The molecule has 3 unspecified atom stereocenters. The number of fused-ring (bicyclic) bond motifs is 2. The molecular formula is C19H29N7O4. The average molecular weight is 419 g/mol. The minimum absolute atomic E-state index is 0.0446. The van der Waals surface area contributed by atoms with Gasteiger partial charge in [-0.3, -0.25) is 9.36 Å². The van der Waals surface area contributed by atoms with Gasteiger partial charge in [-0.1, -0.05) is 0 Å². The Balaban J connectivity index is 1.51. The van der Waals surface area contributed by atoms with Gasteiger partial charge < -0.3 is 30.2 Å². The average Bonchev–Trinajstić information content (AvgIpc) is 3.34. The summed E-state index contributed by atoms with van der Waals surface area (Å²) in [6.45, 7) is 5.23. The van der Waals surface area contributed by atoms with E-state index < -0.39 is 12.0 Å². The van der Waals surface area contributed by atoms with E-state index >= 15 is 0 Å². The second-order valence-corrected chi connectivity index (χ2v) is 8.25. The molecule has 1 amide bonds. The minimum Gasteiger partial charge on any atom is -0.382 e. The van der Waals surface area contributed by atoms with Crippen molar-refractivity contribution in [2.45, 2.75) is 57.0 Å². The van der Waals surface area contributed by atoms with E-state index in [0.717, 1.165) is 13.0 Å². The van der Waals surface area contributed by atoms with E-state index in [1.54, 1.807) is 13.4 Å². The van der Waals surface area contributed by atoms with Crippen LogP contribution in [0.2, 0.25) is 0 Å². The first kappa shape index (κ1) is 20.9. The number of likely N-dealkylation sites (N-methyl/N-ethyl adjacent to an activating group) is 1. The molecule has 2 aliphatic heterocycles. The molecule has 2 fully saturated rings. The zero-order valence-corrected chi connectivity index (χ0v) is 17.7. The molecule has 0 aromatic carbocycles. The van der Waals surface area contributed by atoms with Crippen molar-refractivity contribution >= 4 is 22.9 Å². The Morgan fingerprint density at radius 3 is 2.83 bits per heavy atom. The highest BCUT2D eigenvalue weighted by atomic mass is 16.8. The van der Waals surface area contributed by atoms with Crippen molar-refractivity contribution in [3.63, 3.8) is 0 Å². The fraction of sp³-hybridized carbons (Fsp3) is 0.684. The molecule has 2 saturated heterocycles. The Hall–Kier alpha value is -2.34. The number of ether oxygens (including phenoxy) is 3. The molecule has 11 nitrogen and oxygen atoms in total. The molecule has 11 heteroatoms. The van der Waals surface area contributed by atoms with Crippen LogP contribution >= 0.6 is 0 Å². The van der Waals surface area contributed by atoms with Gasteiger partial charge in [0.25, 0.3) is 0 Å². The van der Waals surface area contributed by atoms with E-state index in [-0.39, 0.29) is 24.2 Å². The van der Waals surface area contributed by atoms with Crippen molar-refractivity contribution in [2.75, 3.05) is 32.9 Å². The van der Waals surface area contributed by atoms with Crippen molar-refractivity contribution in [3.05, 3.63) is 12.7 Å². The van der Waals surface area contributed by atoms with Crippen LogP contribution in [0.3, 0.4) is 0 Å². The monoisotopic (exact) mass is 419 g/mol. The first-order valence-electron chi connectivity index (χ1n) is 10.1. The van der Waals surface area contributed by atoms with Crippen LogP contribution in [-0.2, 0) is 19.0 Å². The molecule has 2 aromatic rings. The number of aromatic nitrogens is 4. The lowest BCUT2D eigenvalue weighted by atomic mass is 10.1. The number of rotatable bonds is 7. The first-order valence-corrected chi connectivity index (χ1v) is 10.1. The number of nitrogens with two attached hydrogens (primary N) is 1. The summed E-state index contributed by atoms with van der Waals surface area (Å²) < 4.78 is 20.6. The van der Waals surface area contributed by atoms with Gasteiger partial charge in [-0.25, -0.2) is 15.0 Å². The van der Waals surface area contributed by atoms with Crippen LogP contribution in [-0.4, -0.2) is 81.6 Å². The normalized spacial score (nSPS) is 27.6. The lowest BCUT2D eigenvalue weighted by molar-refractivity contribution is -0.197. The van der Waals surface area contributed by atoms with Crippen molar-refractivity contribution in [2.24, 2.45) is 0 Å². The molecule has 4 heterocycles. The lowest BCUT2D eigenvalue weighted by Gasteiger charge is -2.27. The summed E-state index contributed by atoms with van der Waals surface area (Å²) in [5.74, 6) is -0.342. The van der Waals surface area contributed by atoms with Gasteiger partial charge in [0.05, 0.1) is 6.33 Å². The third kappa shape index (κ3) is 3.97. The van der Waals surface area contributed by atoms with E-state index in [1.807, 2.05) is 25.5 Å². The number of imidazole rings is 1. The lowest BCUT2D eigenvalue weighted by Crippen LogP contribution is -2.39. The van der Waals surface area contributed by atoms with Crippen LogP contribution in [0.15, 0.2) is 12.7 Å². The van der Waals surface area contributed by atoms with Gasteiger partial charge in [-0.05, 0) is 33.9 Å². The highest BCUT2D eigenvalue weighted by molar-refractivity contribution is 5.81. The third-order valence-electron chi connectivity index (χ3n) is 5.50. The number of amides is 1. The van der Waals surface area contributed by atoms with E-state index in [4.69, 9.17) is 19.9 Å². The predicted molar refractivity (Wildman–Crippen MR) is 108 cm³/mol. The molecule has 30 heavy (non-hydrogen) atoms. The zero-order valence-electron chi connectivity index (χ0n) is 17.7. The van der Waals surface area contributed by atoms with Crippen LogP contribution in [0.5, 0.6) is 0 Å². The van der Waals surface area contributed by atoms with Crippen LogP contribution in [0, 0.1) is 0 Å². The number of hydrogen-bond donors (Lipinski definition) is 2. The highest BCUT2D eigenvalue weighted by Gasteiger charge is 2.56. The molecule has 3 N–H and O–H groups in total. The molecule has 4 rings (SSSR count). The molecular weight excluding hydrogens is 390 g/mol. The Labute approximate surface area is 174 Å². The van der Waals surface area contributed by atoms with Gasteiger partial charge >= 0.3 is 0 Å². The number of hydrogen-bond acceptors (Lipinski definition) is 9. The molecule has 0 bridgehead atoms. The predicted octanol–water partition coefficient (Wildman–Crippen LogP) is 0.284. The van der Waals surface area contributed by atoms with Gasteiger partial charge in [0, 0.05) is 20.0 Å². The molecule has 2 aromatic heterocycles. The second-order valence-electron chi connectivity index (χ2n) is 8.25. The number of nitrogen functional groups attached to an aromatic ring is 1. The molecule has 0 saturated carbocycles. The molecule has 0 aliphatic carbocycles. The minimum atomic E-state index is -0.711. The molecule has 164 valence electrons. The number of carbonyl (C=O) groups is 1. The first-order chi connectivity index (χ1) is 14.3. The van der Waals surface area contributed by atoms with E-state index in [9.17, 15) is 4.79 Å². The fourth-order valence-electron chi connectivity index (χ4n) is 4.12. The largest absolute Gasteiger partial charge is 0.382 e. The van der Waals surface area contributed by atoms with Gasteiger partial charge in [0.2, 0.25) is 5.91 Å². The second kappa shape index (κ2) is 8.06. The number of carbonyl (C=O) groups excluding carboxylic acids is 1. The zero-order chi connectivity index (χ0) is 21.5. The van der Waals surface area contributed by atoms with Gasteiger partial charge in [0.15, 0.2) is 23.5 Å². The highest BCUT2D eigenvalue weighted by Crippen LogP contribution is 2.43. The topological polar surface area (TPSA) is 130 Å². The number of nitrogens with zero attached hydrogens (tertiary/aromatic N) is 5. The smallest absolute Gasteiger partial charge is 0.219 e. The molecule has 0 radical (unpaired) electrons. The maximum Gasteiger partial charge on any atom is 0.219 e. The van der Waals surface area contributed by atoms with E-state index in [0.29, 0.717) is 29.9 Å². The molecule has 2 aliphatic rings. The van der Waals surface area contributed by atoms with Gasteiger partial charge in [0.1, 0.15) is 30.2 Å². The summed E-state index contributed by atoms with van der Waals surface area (Å²) >= 11 is 0. The Bertz CT molecular complexity index is 917. The number of nitrogens with one attached hydrogen (secondary N) is 1. The summed E-state index contributed by atoms with van der Waals surface area (Å²) in [5, 5.41) is 2.64. The van der Waals surface area contributed by atoms with Crippen LogP contribution in [0.1, 0.15) is 32.9 Å². The third-order valence-corrected chi connectivity index (χ3v) is 5.50. The van der Waals surface area contributed by atoms with Crippen molar-refractivity contribution < 1.29 is 19.0 Å². The maximum atomic E-state index is 11.4. The summed E-state index contributed by atoms with van der Waals surface area (Å²) in [4.78, 5) is 26.3. The van der Waals surface area contributed by atoms with E-state index in [2.05, 4.69) is 25.2 Å². The van der Waals surface area contributed by atoms with Crippen molar-refractivity contribution in [1.82, 2.24) is 29.7 Å². The Morgan fingerprint density at radius 2 is 2.07 bits per heavy atom. The molecule has 4 atom stereocenters. The summed E-state index contributed by atoms with van der Waals surface area (Å²) in [5.41, 5.74) is 7.06.